The molecule has 1 aromatic rings. The zero-order chi connectivity index (χ0) is 15.5. The van der Waals surface area contributed by atoms with Crippen molar-refractivity contribution in [1.82, 2.24) is 10.6 Å². The number of benzene rings is 1. The average molecular weight is 290 g/mol. The first-order valence-electron chi connectivity index (χ1n) is 7.16. The minimum Gasteiger partial charge on any atom is -0.496 e. The second-order valence-corrected chi connectivity index (χ2v) is 5.87. The van der Waals surface area contributed by atoms with Crippen LogP contribution < -0.4 is 15.4 Å². The van der Waals surface area contributed by atoms with Crippen LogP contribution >= 0.6 is 0 Å². The molecule has 1 saturated carbocycles. The van der Waals surface area contributed by atoms with Gasteiger partial charge in [-0.05, 0) is 32.8 Å². The molecule has 0 saturated heterocycles. The van der Waals surface area contributed by atoms with Crippen LogP contribution in [0, 0.1) is 5.41 Å². The van der Waals surface area contributed by atoms with E-state index in [4.69, 9.17) is 4.74 Å². The molecule has 21 heavy (non-hydrogen) atoms. The molecule has 2 N–H and O–H groups in total. The van der Waals surface area contributed by atoms with Crippen LogP contribution in [-0.4, -0.2) is 25.0 Å². The van der Waals surface area contributed by atoms with E-state index in [2.05, 4.69) is 10.6 Å². The highest BCUT2D eigenvalue weighted by Gasteiger charge is 2.38. The average Bonchev–Trinajstić information content (AvgIpc) is 3.28. The van der Waals surface area contributed by atoms with Gasteiger partial charge in [-0.3, -0.25) is 9.59 Å². The van der Waals surface area contributed by atoms with Gasteiger partial charge in [0.05, 0.1) is 7.11 Å². The maximum Gasteiger partial charge on any atom is 0.235 e. The van der Waals surface area contributed by atoms with Gasteiger partial charge in [-0.25, -0.2) is 0 Å². The van der Waals surface area contributed by atoms with Crippen molar-refractivity contribution in [2.75, 3.05) is 7.11 Å². The summed E-state index contributed by atoms with van der Waals surface area (Å²) in [6, 6.07) is 7.73. The molecule has 1 fully saturated rings. The normalized spacial score (nSPS) is 14.4. The topological polar surface area (TPSA) is 67.4 Å². The van der Waals surface area contributed by atoms with Crippen LogP contribution in [0.3, 0.4) is 0 Å². The van der Waals surface area contributed by atoms with Crippen LogP contribution in [0.15, 0.2) is 24.3 Å². The highest BCUT2D eigenvalue weighted by atomic mass is 16.5. The smallest absolute Gasteiger partial charge is 0.235 e. The Morgan fingerprint density at radius 2 is 1.90 bits per heavy atom. The van der Waals surface area contributed by atoms with Gasteiger partial charge in [0.25, 0.3) is 0 Å². The zero-order valence-electron chi connectivity index (χ0n) is 12.7. The van der Waals surface area contributed by atoms with Crippen LogP contribution in [0.5, 0.6) is 5.75 Å². The maximum atomic E-state index is 12.3. The fourth-order valence-corrected chi connectivity index (χ4v) is 1.94. The van der Waals surface area contributed by atoms with Crippen molar-refractivity contribution in [3.63, 3.8) is 0 Å². The lowest BCUT2D eigenvalue weighted by Gasteiger charge is -2.23. The van der Waals surface area contributed by atoms with Crippen LogP contribution in [-0.2, 0) is 16.1 Å². The first-order valence-corrected chi connectivity index (χ1v) is 7.16. The van der Waals surface area contributed by atoms with Crippen LogP contribution in [0.1, 0.15) is 32.3 Å². The van der Waals surface area contributed by atoms with Crippen LogP contribution in [0.2, 0.25) is 0 Å². The molecular weight excluding hydrogens is 268 g/mol. The lowest BCUT2D eigenvalue weighted by Crippen LogP contribution is -2.48. The Balaban J connectivity index is 1.95. The molecule has 0 heterocycles. The molecule has 0 unspecified atom stereocenters. The van der Waals surface area contributed by atoms with E-state index in [9.17, 15) is 9.59 Å². The van der Waals surface area contributed by atoms with E-state index in [0.717, 1.165) is 24.2 Å². The van der Waals surface area contributed by atoms with Crippen molar-refractivity contribution in [1.29, 1.82) is 0 Å². The third kappa shape index (κ3) is 3.74. The number of para-hydroxylation sites is 1. The van der Waals surface area contributed by atoms with Gasteiger partial charge in [0.1, 0.15) is 11.2 Å². The second-order valence-electron chi connectivity index (χ2n) is 5.87. The second kappa shape index (κ2) is 6.16. The molecule has 1 aliphatic rings. The van der Waals surface area contributed by atoms with Gasteiger partial charge in [0, 0.05) is 18.2 Å². The monoisotopic (exact) mass is 290 g/mol. The third-order valence-electron chi connectivity index (χ3n) is 3.68. The summed E-state index contributed by atoms with van der Waals surface area (Å²) in [5.41, 5.74) is -0.198. The predicted molar refractivity (Wildman–Crippen MR) is 79.8 cm³/mol. The molecule has 0 bridgehead atoms. The molecule has 0 radical (unpaired) electrons. The summed E-state index contributed by atoms with van der Waals surface area (Å²) in [5, 5.41) is 5.68. The molecule has 0 aromatic heterocycles. The van der Waals surface area contributed by atoms with Crippen molar-refractivity contribution in [3.05, 3.63) is 29.8 Å². The van der Waals surface area contributed by atoms with Crippen molar-refractivity contribution in [2.45, 2.75) is 39.3 Å². The molecule has 0 aliphatic heterocycles. The van der Waals surface area contributed by atoms with Crippen LogP contribution in [0.25, 0.3) is 0 Å². The molecule has 2 rings (SSSR count). The van der Waals surface area contributed by atoms with E-state index >= 15 is 0 Å². The highest BCUT2D eigenvalue weighted by Crippen LogP contribution is 2.23. The number of methoxy groups -OCH3 is 1. The van der Waals surface area contributed by atoms with Gasteiger partial charge in [-0.2, -0.15) is 0 Å². The quantitative estimate of drug-likeness (QED) is 0.782. The number of hydrogen-bond acceptors (Lipinski definition) is 3. The number of amides is 2. The molecule has 1 aromatic carbocycles. The highest BCUT2D eigenvalue weighted by molar-refractivity contribution is 6.04. The summed E-state index contributed by atoms with van der Waals surface area (Å²) in [6.45, 7) is 3.62. The third-order valence-corrected chi connectivity index (χ3v) is 3.68. The summed E-state index contributed by atoms with van der Waals surface area (Å²) in [5.74, 6) is 0.215. The minimum atomic E-state index is -1.08. The van der Waals surface area contributed by atoms with Crippen molar-refractivity contribution >= 4 is 11.8 Å². The van der Waals surface area contributed by atoms with E-state index in [1.807, 2.05) is 24.3 Å². The summed E-state index contributed by atoms with van der Waals surface area (Å²) < 4.78 is 5.24. The Labute approximate surface area is 125 Å². The minimum absolute atomic E-state index is 0.220. The number of hydrogen-bond donors (Lipinski definition) is 2. The van der Waals surface area contributed by atoms with E-state index in [1.54, 1.807) is 21.0 Å². The van der Waals surface area contributed by atoms with Gasteiger partial charge < -0.3 is 15.4 Å². The Kier molecular flexibility index (Phi) is 4.50. The number of carbonyl (C=O) groups is 2. The summed E-state index contributed by atoms with van der Waals surface area (Å²) in [7, 11) is 1.59. The molecule has 1 aliphatic carbocycles. The molecule has 0 spiro atoms. The molecule has 0 atom stereocenters. The van der Waals surface area contributed by atoms with Crippen molar-refractivity contribution < 1.29 is 14.3 Å². The fraction of sp³-hybridized carbons (Fsp3) is 0.500. The Morgan fingerprint density at radius 1 is 1.24 bits per heavy atom. The van der Waals surface area contributed by atoms with Crippen molar-refractivity contribution in [2.24, 2.45) is 5.41 Å². The standard InChI is InChI=1S/C16H22N2O3/c1-16(2,15(20)18-12-8-9-12)14(19)17-10-11-6-4-5-7-13(11)21-3/h4-7,12H,8-10H2,1-3H3,(H,17,19)(H,18,20). The zero-order valence-corrected chi connectivity index (χ0v) is 12.7. The van der Waals surface area contributed by atoms with Gasteiger partial charge in [0.2, 0.25) is 11.8 Å². The van der Waals surface area contributed by atoms with Gasteiger partial charge in [-0.15, -0.1) is 0 Å². The SMILES string of the molecule is COc1ccccc1CNC(=O)C(C)(C)C(=O)NC1CC1. The van der Waals surface area contributed by atoms with E-state index in [1.165, 1.54) is 0 Å². The molecule has 2 amide bonds. The first kappa shape index (κ1) is 15.4. The van der Waals surface area contributed by atoms with Gasteiger partial charge in [0.15, 0.2) is 0 Å². The summed E-state index contributed by atoms with van der Waals surface area (Å²) >= 11 is 0. The summed E-state index contributed by atoms with van der Waals surface area (Å²) in [4.78, 5) is 24.4. The lowest BCUT2D eigenvalue weighted by molar-refractivity contribution is -0.141. The van der Waals surface area contributed by atoms with Gasteiger partial charge in [-0.1, -0.05) is 18.2 Å². The van der Waals surface area contributed by atoms with Crippen molar-refractivity contribution in [3.8, 4) is 5.75 Å². The van der Waals surface area contributed by atoms with Crippen LogP contribution in [0.4, 0.5) is 0 Å². The Morgan fingerprint density at radius 3 is 2.52 bits per heavy atom. The van der Waals surface area contributed by atoms with E-state index < -0.39 is 5.41 Å². The number of carbonyl (C=O) groups excluding carboxylic acids is 2. The lowest BCUT2D eigenvalue weighted by atomic mass is 9.91. The molecule has 114 valence electrons. The first-order chi connectivity index (χ1) is 9.95. The molecule has 5 nitrogen and oxygen atoms in total. The predicted octanol–water partition coefficient (Wildman–Crippen LogP) is 1.62. The Hall–Kier alpha value is -2.04. The van der Waals surface area contributed by atoms with E-state index in [0.29, 0.717) is 6.54 Å². The molecule has 5 heteroatoms. The number of rotatable bonds is 6. The number of nitrogens with one attached hydrogen (secondary N) is 2. The summed E-state index contributed by atoms with van der Waals surface area (Å²) in [6.07, 6.45) is 2.01. The van der Waals surface area contributed by atoms with E-state index in [-0.39, 0.29) is 17.9 Å². The maximum absolute atomic E-state index is 12.3. The largest absolute Gasteiger partial charge is 0.496 e. The fourth-order valence-electron chi connectivity index (χ4n) is 1.94. The Bertz CT molecular complexity index is 536. The van der Waals surface area contributed by atoms with Gasteiger partial charge >= 0.3 is 0 Å². The molecular formula is C16H22N2O3. The number of ether oxygens (including phenoxy) is 1.